The summed E-state index contributed by atoms with van der Waals surface area (Å²) in [4.78, 5) is 12.0. The van der Waals surface area contributed by atoms with Crippen LogP contribution in [0.15, 0.2) is 46.9 Å². The van der Waals surface area contributed by atoms with Crippen molar-refractivity contribution in [1.82, 2.24) is 5.32 Å². The summed E-state index contributed by atoms with van der Waals surface area (Å²) in [5, 5.41) is 2.89. The highest BCUT2D eigenvalue weighted by molar-refractivity contribution is 9.10. The third-order valence-corrected chi connectivity index (χ3v) is 3.69. The summed E-state index contributed by atoms with van der Waals surface area (Å²) in [5.41, 5.74) is 1.61. The molecule has 0 saturated heterocycles. The monoisotopic (exact) mass is 347 g/mol. The molecule has 0 radical (unpaired) electrons. The molecule has 0 atom stereocenters. The third-order valence-electron chi connectivity index (χ3n) is 3.17. The first-order valence-corrected chi connectivity index (χ1v) is 7.44. The highest BCUT2D eigenvalue weighted by Gasteiger charge is 2.12. The van der Waals surface area contributed by atoms with Gasteiger partial charge in [-0.3, -0.25) is 4.79 Å². The van der Waals surface area contributed by atoms with E-state index >= 15 is 0 Å². The molecule has 0 fully saturated rings. The second kappa shape index (κ2) is 6.18. The Morgan fingerprint density at radius 2 is 1.76 bits per heavy atom. The van der Waals surface area contributed by atoms with Crippen LogP contribution in [0.5, 0.6) is 11.5 Å². The second-order valence-corrected chi connectivity index (χ2v) is 5.58. The maximum atomic E-state index is 12.0. The Morgan fingerprint density at radius 3 is 2.52 bits per heavy atom. The van der Waals surface area contributed by atoms with E-state index in [0.29, 0.717) is 25.3 Å². The lowest BCUT2D eigenvalue weighted by Crippen LogP contribution is -2.23. The van der Waals surface area contributed by atoms with Gasteiger partial charge in [-0.15, -0.1) is 0 Å². The van der Waals surface area contributed by atoms with Crippen molar-refractivity contribution in [3.63, 3.8) is 0 Å². The van der Waals surface area contributed by atoms with E-state index in [2.05, 4.69) is 21.2 Å². The van der Waals surface area contributed by atoms with E-state index in [1.165, 1.54) is 0 Å². The Labute approximate surface area is 131 Å². The average molecular weight is 348 g/mol. The summed E-state index contributed by atoms with van der Waals surface area (Å²) in [7, 11) is 0. The topological polar surface area (TPSA) is 47.6 Å². The molecule has 1 amide bonds. The number of hydrogen-bond donors (Lipinski definition) is 1. The molecule has 1 aliphatic rings. The van der Waals surface area contributed by atoms with Gasteiger partial charge in [0.05, 0.1) is 0 Å². The van der Waals surface area contributed by atoms with Gasteiger partial charge in [0.1, 0.15) is 13.2 Å². The molecule has 3 rings (SSSR count). The average Bonchev–Trinajstić information content (AvgIpc) is 2.53. The minimum atomic E-state index is -0.0996. The molecule has 0 spiro atoms. The largest absolute Gasteiger partial charge is 0.486 e. The number of halogens is 1. The molecule has 108 valence electrons. The van der Waals surface area contributed by atoms with E-state index in [-0.39, 0.29) is 5.91 Å². The SMILES string of the molecule is O=C(NCc1ccc2c(c1)OCCO2)c1ccc(Br)cc1. The van der Waals surface area contributed by atoms with Gasteiger partial charge in [-0.25, -0.2) is 0 Å². The van der Waals surface area contributed by atoms with Crippen LogP contribution in [0.4, 0.5) is 0 Å². The lowest BCUT2D eigenvalue weighted by molar-refractivity contribution is 0.0951. The summed E-state index contributed by atoms with van der Waals surface area (Å²) in [5.74, 6) is 1.39. The van der Waals surface area contributed by atoms with Gasteiger partial charge in [0.25, 0.3) is 5.91 Å². The van der Waals surface area contributed by atoms with Gasteiger partial charge in [-0.1, -0.05) is 22.0 Å². The summed E-state index contributed by atoms with van der Waals surface area (Å²) in [6.07, 6.45) is 0. The molecule has 5 heteroatoms. The molecule has 0 unspecified atom stereocenters. The number of carbonyl (C=O) groups is 1. The van der Waals surface area contributed by atoms with Crippen molar-refractivity contribution >= 4 is 21.8 Å². The maximum Gasteiger partial charge on any atom is 0.251 e. The van der Waals surface area contributed by atoms with E-state index in [0.717, 1.165) is 21.5 Å². The van der Waals surface area contributed by atoms with Crippen molar-refractivity contribution in [2.24, 2.45) is 0 Å². The van der Waals surface area contributed by atoms with Gasteiger partial charge in [-0.2, -0.15) is 0 Å². The van der Waals surface area contributed by atoms with E-state index in [1.807, 2.05) is 30.3 Å². The van der Waals surface area contributed by atoms with Crippen molar-refractivity contribution in [3.05, 3.63) is 58.1 Å². The standard InChI is InChI=1S/C16H14BrNO3/c17-13-4-2-12(3-5-13)16(19)18-10-11-1-6-14-15(9-11)21-8-7-20-14/h1-6,9H,7-8,10H2,(H,18,19). The van der Waals surface area contributed by atoms with Gasteiger partial charge in [0.15, 0.2) is 11.5 Å². The number of nitrogens with one attached hydrogen (secondary N) is 1. The molecule has 0 saturated carbocycles. The summed E-state index contributed by atoms with van der Waals surface area (Å²) in [6, 6.07) is 13.0. The molecule has 2 aromatic rings. The van der Waals surface area contributed by atoms with E-state index in [9.17, 15) is 4.79 Å². The van der Waals surface area contributed by atoms with Crippen molar-refractivity contribution in [1.29, 1.82) is 0 Å². The summed E-state index contributed by atoms with van der Waals surface area (Å²) in [6.45, 7) is 1.58. The van der Waals surface area contributed by atoms with Gasteiger partial charge in [0.2, 0.25) is 0 Å². The smallest absolute Gasteiger partial charge is 0.251 e. The number of ether oxygens (including phenoxy) is 2. The Bertz CT molecular complexity index is 655. The Morgan fingerprint density at radius 1 is 1.05 bits per heavy atom. The van der Waals surface area contributed by atoms with Crippen molar-refractivity contribution in [3.8, 4) is 11.5 Å². The van der Waals surface area contributed by atoms with Gasteiger partial charge < -0.3 is 14.8 Å². The zero-order valence-electron chi connectivity index (χ0n) is 11.3. The Hall–Kier alpha value is -2.01. The van der Waals surface area contributed by atoms with Crippen molar-refractivity contribution < 1.29 is 14.3 Å². The first-order chi connectivity index (χ1) is 10.2. The lowest BCUT2D eigenvalue weighted by Gasteiger charge is -2.19. The molecule has 1 N–H and O–H groups in total. The molecule has 1 heterocycles. The first-order valence-electron chi connectivity index (χ1n) is 6.65. The van der Waals surface area contributed by atoms with Gasteiger partial charge in [0, 0.05) is 16.6 Å². The fourth-order valence-electron chi connectivity index (χ4n) is 2.08. The van der Waals surface area contributed by atoms with Crippen LogP contribution < -0.4 is 14.8 Å². The van der Waals surface area contributed by atoms with Gasteiger partial charge >= 0.3 is 0 Å². The molecule has 4 nitrogen and oxygen atoms in total. The molecule has 2 aromatic carbocycles. The molecular formula is C16H14BrNO3. The fraction of sp³-hybridized carbons (Fsp3) is 0.188. The molecular weight excluding hydrogens is 334 g/mol. The van der Waals surface area contributed by atoms with Crippen LogP contribution in [-0.4, -0.2) is 19.1 Å². The Balaban J connectivity index is 1.64. The summed E-state index contributed by atoms with van der Waals surface area (Å²) < 4.78 is 11.9. The fourth-order valence-corrected chi connectivity index (χ4v) is 2.35. The number of amides is 1. The predicted octanol–water partition coefficient (Wildman–Crippen LogP) is 3.15. The van der Waals surface area contributed by atoms with Gasteiger partial charge in [-0.05, 0) is 42.0 Å². The molecule has 0 aliphatic carbocycles. The Kier molecular flexibility index (Phi) is 4.10. The van der Waals surface area contributed by atoms with E-state index in [4.69, 9.17) is 9.47 Å². The van der Waals surface area contributed by atoms with Crippen LogP contribution in [0, 0.1) is 0 Å². The number of rotatable bonds is 3. The second-order valence-electron chi connectivity index (χ2n) is 4.67. The summed E-state index contributed by atoms with van der Waals surface area (Å²) >= 11 is 3.35. The lowest BCUT2D eigenvalue weighted by atomic mass is 10.1. The van der Waals surface area contributed by atoms with Crippen LogP contribution in [-0.2, 0) is 6.54 Å². The first kappa shape index (κ1) is 13.9. The van der Waals surface area contributed by atoms with Crippen LogP contribution in [0.25, 0.3) is 0 Å². The number of carbonyl (C=O) groups excluding carboxylic acids is 1. The van der Waals surface area contributed by atoms with E-state index in [1.54, 1.807) is 12.1 Å². The zero-order valence-corrected chi connectivity index (χ0v) is 12.9. The molecule has 0 bridgehead atoms. The molecule has 1 aliphatic heterocycles. The maximum absolute atomic E-state index is 12.0. The third kappa shape index (κ3) is 3.36. The minimum absolute atomic E-state index is 0.0996. The van der Waals surface area contributed by atoms with Crippen LogP contribution >= 0.6 is 15.9 Å². The highest BCUT2D eigenvalue weighted by Crippen LogP contribution is 2.30. The predicted molar refractivity (Wildman–Crippen MR) is 82.7 cm³/mol. The molecule has 21 heavy (non-hydrogen) atoms. The van der Waals surface area contributed by atoms with Crippen LogP contribution in [0.2, 0.25) is 0 Å². The number of fused-ring (bicyclic) bond motifs is 1. The highest BCUT2D eigenvalue weighted by atomic mass is 79.9. The van der Waals surface area contributed by atoms with Crippen molar-refractivity contribution in [2.75, 3.05) is 13.2 Å². The number of benzene rings is 2. The number of hydrogen-bond acceptors (Lipinski definition) is 3. The molecule has 0 aromatic heterocycles. The normalized spacial score (nSPS) is 12.8. The zero-order chi connectivity index (χ0) is 14.7. The quantitative estimate of drug-likeness (QED) is 0.927. The van der Waals surface area contributed by atoms with Crippen molar-refractivity contribution in [2.45, 2.75) is 6.54 Å². The minimum Gasteiger partial charge on any atom is -0.486 e. The van der Waals surface area contributed by atoms with Crippen LogP contribution in [0.1, 0.15) is 15.9 Å². The van der Waals surface area contributed by atoms with E-state index < -0.39 is 0 Å². The van der Waals surface area contributed by atoms with Crippen LogP contribution in [0.3, 0.4) is 0 Å².